The summed E-state index contributed by atoms with van der Waals surface area (Å²) < 4.78 is 5.75. The second-order valence-electron chi connectivity index (χ2n) is 4.34. The van der Waals surface area contributed by atoms with Crippen LogP contribution in [0.2, 0.25) is 5.15 Å². The summed E-state index contributed by atoms with van der Waals surface area (Å²) in [5.41, 5.74) is 0.809. The highest BCUT2D eigenvalue weighted by Gasteiger charge is 2.21. The van der Waals surface area contributed by atoms with Gasteiger partial charge in [-0.1, -0.05) is 24.3 Å². The van der Waals surface area contributed by atoms with Crippen LogP contribution in [0.4, 0.5) is 0 Å². The molecule has 1 fully saturated rings. The van der Waals surface area contributed by atoms with E-state index in [-0.39, 0.29) is 0 Å². The minimum Gasteiger partial charge on any atom is -0.490 e. The number of likely N-dealkylation sites (tertiary alicyclic amines) is 1. The molecular weight excluding hydrogens is 236 g/mol. The summed E-state index contributed by atoms with van der Waals surface area (Å²) in [6, 6.07) is 2.38. The minimum absolute atomic E-state index is 0.463. The maximum atomic E-state index is 5.90. The molecule has 3 nitrogen and oxygen atoms in total. The van der Waals surface area contributed by atoms with E-state index in [1.165, 1.54) is 12.8 Å². The number of halogens is 1. The fourth-order valence-corrected chi connectivity index (χ4v) is 2.23. The molecule has 1 saturated heterocycles. The number of hydrogen-bond donors (Lipinski definition) is 0. The van der Waals surface area contributed by atoms with E-state index in [2.05, 4.69) is 23.5 Å². The van der Waals surface area contributed by atoms with Crippen LogP contribution in [-0.2, 0) is 0 Å². The summed E-state index contributed by atoms with van der Waals surface area (Å²) in [5, 5.41) is 0.463. The number of likely N-dealkylation sites (N-methyl/N-ethyl adjacent to an activating group) is 1. The molecule has 2 rings (SSSR count). The number of pyridine rings is 1. The Hall–Kier alpha value is -1.06. The van der Waals surface area contributed by atoms with Gasteiger partial charge < -0.3 is 9.64 Å². The number of hydrogen-bond acceptors (Lipinski definition) is 3. The lowest BCUT2D eigenvalue weighted by Crippen LogP contribution is -2.30. The van der Waals surface area contributed by atoms with Gasteiger partial charge in [-0.3, -0.25) is 0 Å². The van der Waals surface area contributed by atoms with Crippen LogP contribution >= 0.6 is 11.6 Å². The Morgan fingerprint density at radius 1 is 1.71 bits per heavy atom. The Kier molecular flexibility index (Phi) is 4.02. The molecule has 0 saturated carbocycles. The van der Waals surface area contributed by atoms with Crippen molar-refractivity contribution in [3.8, 4) is 5.75 Å². The van der Waals surface area contributed by atoms with E-state index < -0.39 is 0 Å². The smallest absolute Gasteiger partial charge is 0.138 e. The lowest BCUT2D eigenvalue weighted by molar-refractivity contribution is 0.198. The lowest BCUT2D eigenvalue weighted by Gasteiger charge is -2.19. The van der Waals surface area contributed by atoms with Crippen molar-refractivity contribution in [2.24, 2.45) is 0 Å². The molecule has 2 heterocycles. The average Bonchev–Trinajstić information content (AvgIpc) is 2.74. The van der Waals surface area contributed by atoms with Crippen molar-refractivity contribution < 1.29 is 4.74 Å². The van der Waals surface area contributed by atoms with Gasteiger partial charge in [0.2, 0.25) is 0 Å². The molecule has 0 bridgehead atoms. The first-order chi connectivity index (χ1) is 8.20. The molecule has 0 aromatic carbocycles. The Bertz CT molecular complexity index is 408. The third-order valence-electron chi connectivity index (χ3n) is 3.17. The molecule has 1 aliphatic heterocycles. The van der Waals surface area contributed by atoms with Crippen molar-refractivity contribution in [3.63, 3.8) is 0 Å². The minimum atomic E-state index is 0.463. The first-order valence-corrected chi connectivity index (χ1v) is 6.19. The number of ether oxygens (including phenoxy) is 1. The van der Waals surface area contributed by atoms with E-state index in [1.54, 1.807) is 12.3 Å². The van der Waals surface area contributed by atoms with Gasteiger partial charge in [-0.05, 0) is 32.5 Å². The quantitative estimate of drug-likeness (QED) is 0.771. The van der Waals surface area contributed by atoms with Gasteiger partial charge >= 0.3 is 0 Å². The van der Waals surface area contributed by atoms with Crippen LogP contribution in [-0.4, -0.2) is 36.1 Å². The van der Waals surface area contributed by atoms with Crippen LogP contribution in [0.25, 0.3) is 6.08 Å². The first kappa shape index (κ1) is 12.4. The monoisotopic (exact) mass is 252 g/mol. The van der Waals surface area contributed by atoms with Crippen molar-refractivity contribution in [2.75, 3.05) is 20.2 Å². The second-order valence-corrected chi connectivity index (χ2v) is 4.70. The summed E-state index contributed by atoms with van der Waals surface area (Å²) >= 11 is 5.90. The third-order valence-corrected chi connectivity index (χ3v) is 3.49. The molecule has 4 heteroatoms. The summed E-state index contributed by atoms with van der Waals surface area (Å²) in [5.74, 6) is 0.754. The summed E-state index contributed by atoms with van der Waals surface area (Å²) in [7, 11) is 2.14. The van der Waals surface area contributed by atoms with E-state index in [4.69, 9.17) is 16.3 Å². The van der Waals surface area contributed by atoms with Gasteiger partial charge in [0.05, 0.1) is 6.20 Å². The molecule has 0 unspecified atom stereocenters. The van der Waals surface area contributed by atoms with Crippen LogP contribution in [0.5, 0.6) is 5.75 Å². The molecule has 0 spiro atoms. The molecule has 1 atom stereocenters. The first-order valence-electron chi connectivity index (χ1n) is 5.81. The molecule has 17 heavy (non-hydrogen) atoms. The van der Waals surface area contributed by atoms with E-state index in [0.29, 0.717) is 17.8 Å². The second kappa shape index (κ2) is 5.52. The topological polar surface area (TPSA) is 25.4 Å². The molecule has 1 aliphatic rings. The highest BCUT2D eigenvalue weighted by Crippen LogP contribution is 2.21. The largest absolute Gasteiger partial charge is 0.490 e. The molecule has 0 amide bonds. The summed E-state index contributed by atoms with van der Waals surface area (Å²) in [6.07, 6.45) is 5.79. The maximum absolute atomic E-state index is 5.90. The number of aromatic nitrogens is 1. The maximum Gasteiger partial charge on any atom is 0.138 e. The summed E-state index contributed by atoms with van der Waals surface area (Å²) in [6.45, 7) is 5.56. The van der Waals surface area contributed by atoms with Crippen molar-refractivity contribution in [1.29, 1.82) is 0 Å². The zero-order valence-electron chi connectivity index (χ0n) is 10.0. The fourth-order valence-electron chi connectivity index (χ4n) is 2.05. The Labute approximate surface area is 107 Å². The van der Waals surface area contributed by atoms with Gasteiger partial charge in [-0.2, -0.15) is 0 Å². The fraction of sp³-hybridized carbons (Fsp3) is 0.462. The normalized spacial score (nSPS) is 20.5. The van der Waals surface area contributed by atoms with Crippen LogP contribution in [0, 0.1) is 0 Å². The zero-order valence-corrected chi connectivity index (χ0v) is 10.8. The molecule has 92 valence electrons. The van der Waals surface area contributed by atoms with Crippen LogP contribution in [0.15, 0.2) is 18.8 Å². The highest BCUT2D eigenvalue weighted by atomic mass is 35.5. The number of rotatable bonds is 4. The van der Waals surface area contributed by atoms with Crippen LogP contribution < -0.4 is 4.74 Å². The standard InChI is InChI=1S/C13H17ClN2O/c1-3-10-7-12(8-15-13(10)14)17-9-11-5-4-6-16(11)2/h3,7-8,11H,1,4-6,9H2,2H3/t11-/m1/s1. The van der Waals surface area contributed by atoms with Crippen molar-refractivity contribution in [3.05, 3.63) is 29.6 Å². The third kappa shape index (κ3) is 2.99. The molecular formula is C13H17ClN2O. The van der Waals surface area contributed by atoms with Gasteiger partial charge in [-0.25, -0.2) is 4.98 Å². The summed E-state index contributed by atoms with van der Waals surface area (Å²) in [4.78, 5) is 6.40. The van der Waals surface area contributed by atoms with Crippen molar-refractivity contribution in [2.45, 2.75) is 18.9 Å². The Morgan fingerprint density at radius 2 is 2.53 bits per heavy atom. The Balaban J connectivity index is 1.96. The molecule has 0 N–H and O–H groups in total. The SMILES string of the molecule is C=Cc1cc(OC[C@H]2CCCN2C)cnc1Cl. The van der Waals surface area contributed by atoms with Gasteiger partial charge in [0, 0.05) is 11.6 Å². The van der Waals surface area contributed by atoms with Crippen molar-refractivity contribution >= 4 is 17.7 Å². The van der Waals surface area contributed by atoms with E-state index in [1.807, 2.05) is 6.07 Å². The molecule has 1 aromatic heterocycles. The molecule has 0 aliphatic carbocycles. The molecule has 0 radical (unpaired) electrons. The van der Waals surface area contributed by atoms with Gasteiger partial charge in [0.25, 0.3) is 0 Å². The van der Waals surface area contributed by atoms with E-state index in [0.717, 1.165) is 17.9 Å². The Morgan fingerprint density at radius 3 is 3.18 bits per heavy atom. The zero-order chi connectivity index (χ0) is 12.3. The van der Waals surface area contributed by atoms with Gasteiger partial charge in [0.1, 0.15) is 17.5 Å². The number of nitrogens with zero attached hydrogens (tertiary/aromatic N) is 2. The van der Waals surface area contributed by atoms with E-state index >= 15 is 0 Å². The predicted molar refractivity (Wildman–Crippen MR) is 70.5 cm³/mol. The highest BCUT2D eigenvalue weighted by molar-refractivity contribution is 6.30. The van der Waals surface area contributed by atoms with E-state index in [9.17, 15) is 0 Å². The molecule has 1 aromatic rings. The average molecular weight is 253 g/mol. The van der Waals surface area contributed by atoms with Crippen molar-refractivity contribution in [1.82, 2.24) is 9.88 Å². The van der Waals surface area contributed by atoms with Gasteiger partial charge in [0.15, 0.2) is 0 Å². The predicted octanol–water partition coefficient (Wildman–Crippen LogP) is 2.85. The van der Waals surface area contributed by atoms with Crippen LogP contribution in [0.1, 0.15) is 18.4 Å². The van der Waals surface area contributed by atoms with Gasteiger partial charge in [-0.15, -0.1) is 0 Å². The van der Waals surface area contributed by atoms with Crippen LogP contribution in [0.3, 0.4) is 0 Å². The lowest BCUT2D eigenvalue weighted by atomic mass is 10.2.